The highest BCUT2D eigenvalue weighted by molar-refractivity contribution is 7.79. The van der Waals surface area contributed by atoms with Crippen LogP contribution in [0.5, 0.6) is 0 Å². The molecule has 0 bridgehead atoms. The zero-order valence-electron chi connectivity index (χ0n) is 9.98. The lowest BCUT2D eigenvalue weighted by Crippen LogP contribution is -2.41. The molecular formula is C11H17NO5S. The summed E-state index contributed by atoms with van der Waals surface area (Å²) in [6, 6.07) is 10.8. The first-order chi connectivity index (χ1) is 8.38. The van der Waals surface area contributed by atoms with Crippen molar-refractivity contribution in [1.82, 2.24) is 5.32 Å². The molecule has 102 valence electrons. The second-order valence-electron chi connectivity index (χ2n) is 3.89. The molecule has 3 N–H and O–H groups in total. The molecule has 0 aromatic heterocycles. The number of morpholine rings is 1. The summed E-state index contributed by atoms with van der Waals surface area (Å²) in [4.78, 5) is 0. The number of benzene rings is 1. The Bertz CT molecular complexity index is 440. The van der Waals surface area contributed by atoms with Crippen LogP contribution >= 0.6 is 0 Å². The highest BCUT2D eigenvalue weighted by Gasteiger charge is 2.22. The molecule has 1 aliphatic rings. The van der Waals surface area contributed by atoms with E-state index < -0.39 is 10.4 Å². The molecule has 2 unspecified atom stereocenters. The fourth-order valence-corrected chi connectivity index (χ4v) is 1.75. The lowest BCUT2D eigenvalue weighted by molar-refractivity contribution is -0.000221. The SMILES string of the molecule is CC1NCCOC1c1ccccc1.O=S(=O)(O)O. The lowest BCUT2D eigenvalue weighted by Gasteiger charge is -2.30. The van der Waals surface area contributed by atoms with Crippen molar-refractivity contribution in [3.63, 3.8) is 0 Å². The molecule has 1 heterocycles. The third-order valence-corrected chi connectivity index (χ3v) is 2.45. The van der Waals surface area contributed by atoms with Crippen LogP contribution in [-0.4, -0.2) is 36.7 Å². The average Bonchev–Trinajstić information content (AvgIpc) is 2.29. The molecule has 1 aromatic carbocycles. The maximum Gasteiger partial charge on any atom is 0.394 e. The van der Waals surface area contributed by atoms with Crippen molar-refractivity contribution in [3.8, 4) is 0 Å². The molecule has 0 amide bonds. The van der Waals surface area contributed by atoms with Gasteiger partial charge in [0.05, 0.1) is 12.7 Å². The molecular weight excluding hydrogens is 258 g/mol. The predicted molar refractivity (Wildman–Crippen MR) is 66.8 cm³/mol. The van der Waals surface area contributed by atoms with E-state index in [0.29, 0.717) is 6.04 Å². The summed E-state index contributed by atoms with van der Waals surface area (Å²) in [5.41, 5.74) is 1.27. The Morgan fingerprint density at radius 3 is 2.33 bits per heavy atom. The first-order valence-corrected chi connectivity index (χ1v) is 6.87. The normalized spacial score (nSPS) is 23.9. The van der Waals surface area contributed by atoms with Gasteiger partial charge in [0, 0.05) is 12.6 Å². The Morgan fingerprint density at radius 1 is 1.28 bits per heavy atom. The van der Waals surface area contributed by atoms with E-state index in [1.807, 2.05) is 6.07 Å². The van der Waals surface area contributed by atoms with Gasteiger partial charge >= 0.3 is 10.4 Å². The Balaban J connectivity index is 0.000000280. The molecule has 18 heavy (non-hydrogen) atoms. The molecule has 1 fully saturated rings. The monoisotopic (exact) mass is 275 g/mol. The van der Waals surface area contributed by atoms with Crippen molar-refractivity contribution < 1.29 is 22.3 Å². The van der Waals surface area contributed by atoms with Gasteiger partial charge in [-0.15, -0.1) is 0 Å². The number of hydrogen-bond acceptors (Lipinski definition) is 4. The van der Waals surface area contributed by atoms with Gasteiger partial charge in [0.2, 0.25) is 0 Å². The maximum atomic E-state index is 8.74. The maximum absolute atomic E-state index is 8.74. The molecule has 1 aliphatic heterocycles. The summed E-state index contributed by atoms with van der Waals surface area (Å²) >= 11 is 0. The molecule has 7 heteroatoms. The van der Waals surface area contributed by atoms with Crippen LogP contribution in [0.1, 0.15) is 18.6 Å². The summed E-state index contributed by atoms with van der Waals surface area (Å²) in [6.45, 7) is 3.94. The predicted octanol–water partition coefficient (Wildman–Crippen LogP) is 1.08. The molecule has 6 nitrogen and oxygen atoms in total. The van der Waals surface area contributed by atoms with Gasteiger partial charge in [0.1, 0.15) is 0 Å². The van der Waals surface area contributed by atoms with E-state index in [9.17, 15) is 0 Å². The van der Waals surface area contributed by atoms with Gasteiger partial charge in [0.15, 0.2) is 0 Å². The highest BCUT2D eigenvalue weighted by atomic mass is 32.3. The first kappa shape index (κ1) is 15.1. The largest absolute Gasteiger partial charge is 0.394 e. The molecule has 0 spiro atoms. The van der Waals surface area contributed by atoms with E-state index in [0.717, 1.165) is 13.2 Å². The van der Waals surface area contributed by atoms with Gasteiger partial charge in [-0.1, -0.05) is 30.3 Å². The van der Waals surface area contributed by atoms with Gasteiger partial charge in [0.25, 0.3) is 0 Å². The Morgan fingerprint density at radius 2 is 1.83 bits per heavy atom. The summed E-state index contributed by atoms with van der Waals surface area (Å²) in [5, 5.41) is 3.41. The summed E-state index contributed by atoms with van der Waals surface area (Å²) in [7, 11) is -4.67. The second-order valence-corrected chi connectivity index (χ2v) is 4.79. The fraction of sp³-hybridized carbons (Fsp3) is 0.455. The van der Waals surface area contributed by atoms with Gasteiger partial charge in [-0.2, -0.15) is 8.42 Å². The van der Waals surface area contributed by atoms with Crippen molar-refractivity contribution in [1.29, 1.82) is 0 Å². The van der Waals surface area contributed by atoms with Crippen molar-refractivity contribution in [2.24, 2.45) is 0 Å². The Labute approximate surface area is 107 Å². The molecule has 0 aliphatic carbocycles. The van der Waals surface area contributed by atoms with E-state index in [1.165, 1.54) is 5.56 Å². The number of hydrogen-bond donors (Lipinski definition) is 3. The van der Waals surface area contributed by atoms with Gasteiger partial charge < -0.3 is 10.1 Å². The van der Waals surface area contributed by atoms with Crippen LogP contribution in [0.4, 0.5) is 0 Å². The van der Waals surface area contributed by atoms with Crippen LogP contribution in [0.25, 0.3) is 0 Å². The molecule has 0 radical (unpaired) electrons. The Kier molecular flexibility index (Phi) is 5.70. The minimum absolute atomic E-state index is 0.218. The van der Waals surface area contributed by atoms with Crippen molar-refractivity contribution in [2.75, 3.05) is 13.2 Å². The minimum Gasteiger partial charge on any atom is -0.371 e. The van der Waals surface area contributed by atoms with E-state index >= 15 is 0 Å². The molecule has 1 saturated heterocycles. The minimum atomic E-state index is -4.67. The third kappa shape index (κ3) is 6.08. The standard InChI is InChI=1S/C11H15NO.H2O4S/c1-9-11(13-8-7-12-9)10-5-3-2-4-6-10;1-5(2,3)4/h2-6,9,11-12H,7-8H2,1H3;(H2,1,2,3,4). The van der Waals surface area contributed by atoms with Crippen molar-refractivity contribution in [3.05, 3.63) is 35.9 Å². The van der Waals surface area contributed by atoms with Crippen molar-refractivity contribution in [2.45, 2.75) is 19.1 Å². The molecule has 2 rings (SSSR count). The smallest absolute Gasteiger partial charge is 0.371 e. The number of ether oxygens (including phenoxy) is 1. The van der Waals surface area contributed by atoms with E-state index in [1.54, 1.807) is 0 Å². The molecule has 1 aromatic rings. The quantitative estimate of drug-likeness (QED) is 0.664. The van der Waals surface area contributed by atoms with Crippen LogP contribution < -0.4 is 5.32 Å². The summed E-state index contributed by atoms with van der Waals surface area (Å²) in [6.07, 6.45) is 0.218. The zero-order chi connectivity index (χ0) is 13.6. The average molecular weight is 275 g/mol. The molecule has 0 saturated carbocycles. The van der Waals surface area contributed by atoms with Crippen LogP contribution in [0.2, 0.25) is 0 Å². The van der Waals surface area contributed by atoms with E-state index in [2.05, 4.69) is 36.5 Å². The molecule has 2 atom stereocenters. The summed E-state index contributed by atoms with van der Waals surface area (Å²) < 4.78 is 37.3. The van der Waals surface area contributed by atoms with Crippen LogP contribution in [0, 0.1) is 0 Å². The van der Waals surface area contributed by atoms with Gasteiger partial charge in [-0.05, 0) is 12.5 Å². The van der Waals surface area contributed by atoms with Crippen LogP contribution in [-0.2, 0) is 15.1 Å². The first-order valence-electron chi connectivity index (χ1n) is 5.48. The fourth-order valence-electron chi connectivity index (χ4n) is 1.75. The van der Waals surface area contributed by atoms with Gasteiger partial charge in [-0.25, -0.2) is 0 Å². The van der Waals surface area contributed by atoms with Crippen molar-refractivity contribution >= 4 is 10.4 Å². The van der Waals surface area contributed by atoms with Gasteiger partial charge in [-0.3, -0.25) is 9.11 Å². The zero-order valence-corrected chi connectivity index (χ0v) is 10.8. The van der Waals surface area contributed by atoms with E-state index in [4.69, 9.17) is 22.3 Å². The number of rotatable bonds is 1. The highest BCUT2D eigenvalue weighted by Crippen LogP contribution is 2.22. The Hall–Kier alpha value is -0.990. The lowest BCUT2D eigenvalue weighted by atomic mass is 10.0. The van der Waals surface area contributed by atoms with Crippen LogP contribution in [0.3, 0.4) is 0 Å². The van der Waals surface area contributed by atoms with E-state index in [-0.39, 0.29) is 6.10 Å². The second kappa shape index (κ2) is 6.81. The summed E-state index contributed by atoms with van der Waals surface area (Å²) in [5.74, 6) is 0. The third-order valence-electron chi connectivity index (χ3n) is 2.45. The topological polar surface area (TPSA) is 95.9 Å². The number of nitrogens with one attached hydrogen (secondary N) is 1. The van der Waals surface area contributed by atoms with Crippen LogP contribution in [0.15, 0.2) is 30.3 Å².